The molecule has 0 aliphatic heterocycles. The van der Waals surface area contributed by atoms with Crippen LogP contribution in [0.5, 0.6) is 0 Å². The van der Waals surface area contributed by atoms with Crippen molar-refractivity contribution in [1.29, 1.82) is 0 Å². The first-order valence-electron chi connectivity index (χ1n) is 5.05. The third-order valence-electron chi connectivity index (χ3n) is 2.20. The van der Waals surface area contributed by atoms with Crippen molar-refractivity contribution in [3.63, 3.8) is 0 Å². The number of rotatable bonds is 4. The maximum Gasteiger partial charge on any atom is 0.389 e. The highest BCUT2D eigenvalue weighted by atomic mass is 19.4. The van der Waals surface area contributed by atoms with Crippen LogP contribution >= 0.6 is 0 Å². The van der Waals surface area contributed by atoms with E-state index in [1.54, 1.807) is 18.2 Å². The van der Waals surface area contributed by atoms with Crippen molar-refractivity contribution < 1.29 is 13.2 Å². The topological polar surface area (TPSA) is 38.0 Å². The van der Waals surface area contributed by atoms with Gasteiger partial charge < -0.3 is 11.1 Å². The number of nitrogen functional groups attached to an aromatic ring is 1. The second-order valence-electron chi connectivity index (χ2n) is 3.72. The van der Waals surface area contributed by atoms with Crippen molar-refractivity contribution >= 4 is 11.4 Å². The Hall–Kier alpha value is -1.39. The lowest BCUT2D eigenvalue weighted by atomic mass is 10.1. The standard InChI is InChI=1S/C11H15F3N2/c1-8-7-9(15)3-4-10(8)16-6-2-5-11(12,13)14/h3-4,7,16H,2,5-6,15H2,1H3. The van der Waals surface area contributed by atoms with E-state index in [-0.39, 0.29) is 6.42 Å². The highest BCUT2D eigenvalue weighted by Crippen LogP contribution is 2.22. The largest absolute Gasteiger partial charge is 0.399 e. The molecule has 1 aromatic carbocycles. The quantitative estimate of drug-likeness (QED) is 0.617. The second kappa shape index (κ2) is 5.09. The van der Waals surface area contributed by atoms with Gasteiger partial charge in [-0.3, -0.25) is 0 Å². The molecule has 1 aromatic rings. The number of nitrogens with two attached hydrogens (primary N) is 1. The fourth-order valence-corrected chi connectivity index (χ4v) is 1.40. The molecule has 5 heteroatoms. The van der Waals surface area contributed by atoms with Crippen molar-refractivity contribution in [3.05, 3.63) is 23.8 Å². The molecule has 0 aliphatic rings. The lowest BCUT2D eigenvalue weighted by molar-refractivity contribution is -0.134. The number of hydrogen-bond acceptors (Lipinski definition) is 2. The third-order valence-corrected chi connectivity index (χ3v) is 2.20. The predicted octanol–water partition coefficient (Wildman–Crippen LogP) is 3.33. The van der Waals surface area contributed by atoms with Crippen LogP contribution in [0.3, 0.4) is 0 Å². The molecule has 0 saturated carbocycles. The average molecular weight is 232 g/mol. The highest BCUT2D eigenvalue weighted by molar-refractivity contribution is 5.57. The molecule has 0 amide bonds. The van der Waals surface area contributed by atoms with Gasteiger partial charge in [0.15, 0.2) is 0 Å². The van der Waals surface area contributed by atoms with Gasteiger partial charge in [-0.1, -0.05) is 0 Å². The first-order valence-corrected chi connectivity index (χ1v) is 5.05. The number of aryl methyl sites for hydroxylation is 1. The molecular formula is C11H15F3N2. The monoisotopic (exact) mass is 232 g/mol. The fraction of sp³-hybridized carbons (Fsp3) is 0.455. The maximum absolute atomic E-state index is 11.9. The fourth-order valence-electron chi connectivity index (χ4n) is 1.40. The average Bonchev–Trinajstić information content (AvgIpc) is 2.13. The van der Waals surface area contributed by atoms with E-state index in [4.69, 9.17) is 5.73 Å². The summed E-state index contributed by atoms with van der Waals surface area (Å²) in [5, 5.41) is 2.96. The zero-order chi connectivity index (χ0) is 12.2. The van der Waals surface area contributed by atoms with Gasteiger partial charge >= 0.3 is 6.18 Å². The highest BCUT2D eigenvalue weighted by Gasteiger charge is 2.25. The summed E-state index contributed by atoms with van der Waals surface area (Å²) in [6.07, 6.45) is -4.75. The molecule has 0 bridgehead atoms. The number of anilines is 2. The molecule has 0 radical (unpaired) electrons. The number of nitrogens with one attached hydrogen (secondary N) is 1. The molecule has 0 heterocycles. The molecule has 16 heavy (non-hydrogen) atoms. The van der Waals surface area contributed by atoms with E-state index in [1.807, 2.05) is 6.92 Å². The van der Waals surface area contributed by atoms with Gasteiger partial charge in [-0.2, -0.15) is 13.2 Å². The molecule has 0 atom stereocenters. The molecular weight excluding hydrogens is 217 g/mol. The minimum atomic E-state index is -4.07. The Kier molecular flexibility index (Phi) is 4.04. The van der Waals surface area contributed by atoms with Crippen molar-refractivity contribution in [3.8, 4) is 0 Å². The SMILES string of the molecule is Cc1cc(N)ccc1NCCCC(F)(F)F. The van der Waals surface area contributed by atoms with Gasteiger partial charge in [0.25, 0.3) is 0 Å². The van der Waals surface area contributed by atoms with Crippen LogP contribution in [0.1, 0.15) is 18.4 Å². The van der Waals surface area contributed by atoms with Crippen LogP contribution in [0.25, 0.3) is 0 Å². The van der Waals surface area contributed by atoms with Gasteiger partial charge in [0.05, 0.1) is 0 Å². The van der Waals surface area contributed by atoms with Crippen LogP contribution < -0.4 is 11.1 Å². The summed E-state index contributed by atoms with van der Waals surface area (Å²) >= 11 is 0. The predicted molar refractivity (Wildman–Crippen MR) is 59.4 cm³/mol. The first kappa shape index (κ1) is 12.7. The molecule has 0 fully saturated rings. The van der Waals surface area contributed by atoms with Gasteiger partial charge in [0.1, 0.15) is 0 Å². The smallest absolute Gasteiger partial charge is 0.389 e. The van der Waals surface area contributed by atoms with Crippen molar-refractivity contribution in [2.45, 2.75) is 25.9 Å². The summed E-state index contributed by atoms with van der Waals surface area (Å²) in [6, 6.07) is 5.28. The van der Waals surface area contributed by atoms with E-state index < -0.39 is 12.6 Å². The Balaban J connectivity index is 2.38. The molecule has 0 saturated heterocycles. The number of benzene rings is 1. The summed E-state index contributed by atoms with van der Waals surface area (Å²) in [5.41, 5.74) is 7.98. The van der Waals surface area contributed by atoms with Crippen molar-refractivity contribution in [2.75, 3.05) is 17.6 Å². The Bertz CT molecular complexity index is 348. The molecule has 0 aromatic heterocycles. The molecule has 1 rings (SSSR count). The van der Waals surface area contributed by atoms with E-state index in [1.165, 1.54) is 0 Å². The minimum Gasteiger partial charge on any atom is -0.399 e. The normalized spacial score (nSPS) is 11.5. The molecule has 2 nitrogen and oxygen atoms in total. The van der Waals surface area contributed by atoms with Crippen LogP contribution in [0.4, 0.5) is 24.5 Å². The van der Waals surface area contributed by atoms with Crippen LogP contribution in [0.15, 0.2) is 18.2 Å². The van der Waals surface area contributed by atoms with Crippen LogP contribution in [0.2, 0.25) is 0 Å². The minimum absolute atomic E-state index is 0.0767. The van der Waals surface area contributed by atoms with E-state index in [0.717, 1.165) is 11.3 Å². The first-order chi connectivity index (χ1) is 7.38. The Morgan fingerprint density at radius 1 is 1.31 bits per heavy atom. The Morgan fingerprint density at radius 3 is 2.56 bits per heavy atom. The molecule has 0 aliphatic carbocycles. The summed E-state index contributed by atoms with van der Waals surface area (Å²) in [5.74, 6) is 0. The van der Waals surface area contributed by atoms with Gasteiger partial charge in [0.2, 0.25) is 0 Å². The van der Waals surface area contributed by atoms with Crippen molar-refractivity contribution in [2.24, 2.45) is 0 Å². The lowest BCUT2D eigenvalue weighted by Gasteiger charge is -2.11. The van der Waals surface area contributed by atoms with Crippen LogP contribution in [0, 0.1) is 6.92 Å². The number of halogens is 3. The van der Waals surface area contributed by atoms with Gasteiger partial charge in [0, 0.05) is 24.3 Å². The maximum atomic E-state index is 11.9. The molecule has 0 unspecified atom stereocenters. The third kappa shape index (κ3) is 4.42. The number of hydrogen-bond donors (Lipinski definition) is 2. The number of alkyl halides is 3. The van der Waals surface area contributed by atoms with Gasteiger partial charge in [-0.05, 0) is 37.1 Å². The van der Waals surface area contributed by atoms with E-state index in [2.05, 4.69) is 5.32 Å². The van der Waals surface area contributed by atoms with E-state index >= 15 is 0 Å². The summed E-state index contributed by atoms with van der Waals surface area (Å²) in [7, 11) is 0. The molecule has 90 valence electrons. The zero-order valence-corrected chi connectivity index (χ0v) is 9.06. The van der Waals surface area contributed by atoms with Crippen LogP contribution in [-0.4, -0.2) is 12.7 Å². The second-order valence-corrected chi connectivity index (χ2v) is 3.72. The van der Waals surface area contributed by atoms with E-state index in [9.17, 15) is 13.2 Å². The van der Waals surface area contributed by atoms with Crippen LogP contribution in [-0.2, 0) is 0 Å². The summed E-state index contributed by atoms with van der Waals surface area (Å²) in [6.45, 7) is 2.17. The Labute approximate surface area is 92.6 Å². The summed E-state index contributed by atoms with van der Waals surface area (Å²) in [4.78, 5) is 0. The van der Waals surface area contributed by atoms with Gasteiger partial charge in [-0.25, -0.2) is 0 Å². The Morgan fingerprint density at radius 2 is 2.00 bits per heavy atom. The zero-order valence-electron chi connectivity index (χ0n) is 9.06. The molecule has 3 N–H and O–H groups in total. The summed E-state index contributed by atoms with van der Waals surface area (Å²) < 4.78 is 35.6. The van der Waals surface area contributed by atoms with Crippen molar-refractivity contribution in [1.82, 2.24) is 0 Å². The lowest BCUT2D eigenvalue weighted by Crippen LogP contribution is -2.11. The van der Waals surface area contributed by atoms with Gasteiger partial charge in [-0.15, -0.1) is 0 Å². The van der Waals surface area contributed by atoms with E-state index in [0.29, 0.717) is 12.2 Å². The molecule has 0 spiro atoms.